The topological polar surface area (TPSA) is 55.2 Å². The Balaban J connectivity index is 1.75. The molecule has 120 valence electrons. The maximum Gasteiger partial charge on any atom is 0.233 e. The Morgan fingerprint density at radius 2 is 2.09 bits per heavy atom. The molecule has 1 atom stereocenters. The van der Waals surface area contributed by atoms with Crippen LogP contribution in [0.5, 0.6) is 0 Å². The van der Waals surface area contributed by atoms with Crippen molar-refractivity contribution in [3.63, 3.8) is 0 Å². The first-order valence-corrected chi connectivity index (χ1v) is 7.20. The molecule has 2 aromatic rings. The highest BCUT2D eigenvalue weighted by molar-refractivity contribution is 6.03. The number of aryl methyl sites for hydroxylation is 1. The predicted molar refractivity (Wildman–Crippen MR) is 76.9 cm³/mol. The fourth-order valence-electron chi connectivity index (χ4n) is 2.78. The van der Waals surface area contributed by atoms with Gasteiger partial charge >= 0.3 is 0 Å². The lowest BCUT2D eigenvalue weighted by molar-refractivity contribution is -0.140. The standard InChI is InChI=1S/C16H15F2N3O2/c1-20-8-10(7-19-20)5-12-6-14(22)21(16(12)23)9-11-3-2-4-13(17)15(11)18/h2-4,7-8,12H,5-6,9H2,1H3/t12-/m1/s1. The van der Waals surface area contributed by atoms with Crippen molar-refractivity contribution in [2.45, 2.75) is 19.4 Å². The Morgan fingerprint density at radius 3 is 2.78 bits per heavy atom. The first-order chi connectivity index (χ1) is 11.0. The molecule has 1 aromatic carbocycles. The molecule has 1 aromatic heterocycles. The number of amides is 2. The lowest BCUT2D eigenvalue weighted by Gasteiger charge is -2.15. The van der Waals surface area contributed by atoms with Crippen LogP contribution in [0.4, 0.5) is 8.78 Å². The number of carbonyl (C=O) groups excluding carboxylic acids is 2. The monoisotopic (exact) mass is 319 g/mol. The van der Waals surface area contributed by atoms with Crippen molar-refractivity contribution in [1.29, 1.82) is 0 Å². The number of aromatic nitrogens is 2. The van der Waals surface area contributed by atoms with E-state index in [1.165, 1.54) is 12.1 Å². The molecule has 0 radical (unpaired) electrons. The number of likely N-dealkylation sites (tertiary alicyclic amines) is 1. The van der Waals surface area contributed by atoms with Crippen LogP contribution in [0.1, 0.15) is 17.5 Å². The van der Waals surface area contributed by atoms with Crippen LogP contribution >= 0.6 is 0 Å². The van der Waals surface area contributed by atoms with Gasteiger partial charge in [0.2, 0.25) is 11.8 Å². The summed E-state index contributed by atoms with van der Waals surface area (Å²) in [4.78, 5) is 25.4. The van der Waals surface area contributed by atoms with Crippen molar-refractivity contribution >= 4 is 11.8 Å². The second-order valence-corrected chi connectivity index (χ2v) is 5.66. The van der Waals surface area contributed by atoms with E-state index in [1.54, 1.807) is 24.1 Å². The Morgan fingerprint density at radius 1 is 1.30 bits per heavy atom. The average molecular weight is 319 g/mol. The summed E-state index contributed by atoms with van der Waals surface area (Å²) in [6.07, 6.45) is 3.91. The molecule has 1 saturated heterocycles. The third-order valence-electron chi connectivity index (χ3n) is 3.94. The minimum Gasteiger partial charge on any atom is -0.278 e. The number of imide groups is 1. The summed E-state index contributed by atoms with van der Waals surface area (Å²) in [5, 5.41) is 4.03. The molecule has 0 saturated carbocycles. The number of nitrogens with zero attached hydrogens (tertiary/aromatic N) is 3. The highest BCUT2D eigenvalue weighted by Crippen LogP contribution is 2.26. The minimum absolute atomic E-state index is 0.00581. The summed E-state index contributed by atoms with van der Waals surface area (Å²) in [6, 6.07) is 3.72. The van der Waals surface area contributed by atoms with Crippen molar-refractivity contribution in [2.24, 2.45) is 13.0 Å². The predicted octanol–water partition coefficient (Wildman–Crippen LogP) is 1.82. The van der Waals surface area contributed by atoms with Gasteiger partial charge in [0.05, 0.1) is 18.7 Å². The van der Waals surface area contributed by atoms with Gasteiger partial charge in [-0.05, 0) is 18.1 Å². The number of halogens is 2. The first kappa shape index (κ1) is 15.3. The van der Waals surface area contributed by atoms with E-state index in [2.05, 4.69) is 5.10 Å². The molecule has 0 aliphatic carbocycles. The fraction of sp³-hybridized carbons (Fsp3) is 0.312. The van der Waals surface area contributed by atoms with Gasteiger partial charge in [-0.2, -0.15) is 5.10 Å². The largest absolute Gasteiger partial charge is 0.278 e. The Labute approximate surface area is 131 Å². The minimum atomic E-state index is -1.02. The first-order valence-electron chi connectivity index (χ1n) is 7.20. The molecule has 23 heavy (non-hydrogen) atoms. The van der Waals surface area contributed by atoms with Crippen molar-refractivity contribution in [2.75, 3.05) is 0 Å². The SMILES string of the molecule is Cn1cc(C[C@@H]2CC(=O)N(Cc3cccc(F)c3F)C2=O)cn1. The van der Waals surface area contributed by atoms with Crippen LogP contribution in [0.3, 0.4) is 0 Å². The van der Waals surface area contributed by atoms with E-state index in [0.29, 0.717) is 6.42 Å². The van der Waals surface area contributed by atoms with Gasteiger partial charge in [-0.3, -0.25) is 19.2 Å². The number of rotatable bonds is 4. The van der Waals surface area contributed by atoms with Gasteiger partial charge in [0.15, 0.2) is 11.6 Å². The summed E-state index contributed by atoms with van der Waals surface area (Å²) < 4.78 is 28.6. The van der Waals surface area contributed by atoms with Crippen molar-refractivity contribution in [3.05, 3.63) is 53.4 Å². The zero-order valence-corrected chi connectivity index (χ0v) is 12.5. The molecule has 1 aliphatic heterocycles. The molecule has 1 aliphatic rings. The van der Waals surface area contributed by atoms with Crippen LogP contribution in [0.15, 0.2) is 30.6 Å². The van der Waals surface area contributed by atoms with Crippen LogP contribution in [0, 0.1) is 17.6 Å². The molecule has 3 rings (SSSR count). The summed E-state index contributed by atoms with van der Waals surface area (Å²) in [5.74, 6) is -3.23. The molecule has 7 heteroatoms. The molecule has 1 fully saturated rings. The quantitative estimate of drug-likeness (QED) is 0.808. The van der Waals surface area contributed by atoms with Crippen molar-refractivity contribution < 1.29 is 18.4 Å². The smallest absolute Gasteiger partial charge is 0.233 e. The zero-order valence-electron chi connectivity index (χ0n) is 12.5. The van der Waals surface area contributed by atoms with Crippen molar-refractivity contribution in [1.82, 2.24) is 14.7 Å². The zero-order chi connectivity index (χ0) is 16.6. The van der Waals surface area contributed by atoms with Gasteiger partial charge in [0, 0.05) is 25.2 Å². The lowest BCUT2D eigenvalue weighted by Crippen LogP contribution is -2.31. The van der Waals surface area contributed by atoms with E-state index in [1.807, 2.05) is 0 Å². The Hall–Kier alpha value is -2.57. The number of hydrogen-bond donors (Lipinski definition) is 0. The van der Waals surface area contributed by atoms with E-state index in [-0.39, 0.29) is 30.3 Å². The molecular weight excluding hydrogens is 304 g/mol. The second-order valence-electron chi connectivity index (χ2n) is 5.66. The third-order valence-corrected chi connectivity index (χ3v) is 3.94. The lowest BCUT2D eigenvalue weighted by atomic mass is 10.0. The summed E-state index contributed by atoms with van der Waals surface area (Å²) >= 11 is 0. The van der Waals surface area contributed by atoms with Gasteiger partial charge in [0.1, 0.15) is 0 Å². The molecular formula is C16H15F2N3O2. The van der Waals surface area contributed by atoms with E-state index in [4.69, 9.17) is 0 Å². The van der Waals surface area contributed by atoms with Crippen LogP contribution in [0.25, 0.3) is 0 Å². The highest BCUT2D eigenvalue weighted by Gasteiger charge is 2.38. The van der Waals surface area contributed by atoms with Crippen LogP contribution < -0.4 is 0 Å². The molecule has 0 spiro atoms. The normalized spacial score (nSPS) is 18.0. The van der Waals surface area contributed by atoms with Gasteiger partial charge in [-0.25, -0.2) is 8.78 Å². The summed E-state index contributed by atoms with van der Waals surface area (Å²) in [7, 11) is 1.77. The van der Waals surface area contributed by atoms with Crippen LogP contribution in [-0.2, 0) is 29.6 Å². The average Bonchev–Trinajstić information content (AvgIpc) is 3.02. The number of carbonyl (C=O) groups is 2. The third kappa shape index (κ3) is 2.99. The van der Waals surface area contributed by atoms with E-state index in [0.717, 1.165) is 16.5 Å². The maximum atomic E-state index is 13.7. The van der Waals surface area contributed by atoms with E-state index < -0.39 is 17.6 Å². The Kier molecular flexibility index (Phi) is 3.94. The number of benzene rings is 1. The molecule has 0 N–H and O–H groups in total. The van der Waals surface area contributed by atoms with Crippen LogP contribution in [-0.4, -0.2) is 26.5 Å². The van der Waals surface area contributed by atoms with Gasteiger partial charge in [-0.1, -0.05) is 12.1 Å². The molecule has 0 unspecified atom stereocenters. The number of hydrogen-bond acceptors (Lipinski definition) is 3. The molecule has 5 nitrogen and oxygen atoms in total. The van der Waals surface area contributed by atoms with Gasteiger partial charge in [0.25, 0.3) is 0 Å². The summed E-state index contributed by atoms with van der Waals surface area (Å²) in [6.45, 7) is -0.245. The highest BCUT2D eigenvalue weighted by atomic mass is 19.2. The molecule has 2 amide bonds. The van der Waals surface area contributed by atoms with Crippen molar-refractivity contribution in [3.8, 4) is 0 Å². The van der Waals surface area contributed by atoms with E-state index in [9.17, 15) is 18.4 Å². The fourth-order valence-corrected chi connectivity index (χ4v) is 2.78. The Bertz CT molecular complexity index is 772. The maximum absolute atomic E-state index is 13.7. The molecule has 2 heterocycles. The van der Waals surface area contributed by atoms with Gasteiger partial charge in [-0.15, -0.1) is 0 Å². The molecule has 0 bridgehead atoms. The second kappa shape index (κ2) is 5.91. The van der Waals surface area contributed by atoms with Crippen LogP contribution in [0.2, 0.25) is 0 Å². The van der Waals surface area contributed by atoms with Gasteiger partial charge < -0.3 is 0 Å². The summed E-state index contributed by atoms with van der Waals surface area (Å²) in [5.41, 5.74) is 0.853. The van der Waals surface area contributed by atoms with E-state index >= 15 is 0 Å².